The summed E-state index contributed by atoms with van der Waals surface area (Å²) in [7, 11) is 0. The molecule has 0 saturated carbocycles. The Kier molecular flexibility index (Phi) is 6.53. The second kappa shape index (κ2) is 9.67. The van der Waals surface area contributed by atoms with Gasteiger partial charge in [-0.05, 0) is 47.9 Å². The molecular formula is C26H23ClN4. The number of nitrogens with zero attached hydrogens (tertiary/aromatic N) is 4. The van der Waals surface area contributed by atoms with Gasteiger partial charge in [0.1, 0.15) is 0 Å². The summed E-state index contributed by atoms with van der Waals surface area (Å²) in [5.74, 6) is 0. The van der Waals surface area contributed by atoms with Crippen LogP contribution in [0.1, 0.15) is 28.3 Å². The van der Waals surface area contributed by atoms with Crippen molar-refractivity contribution in [2.45, 2.75) is 12.5 Å². The molecule has 0 radical (unpaired) electrons. The molecule has 0 unspecified atom stereocenters. The molecule has 3 aromatic carbocycles. The van der Waals surface area contributed by atoms with Crippen molar-refractivity contribution in [3.8, 4) is 12.1 Å². The van der Waals surface area contributed by atoms with E-state index < -0.39 is 0 Å². The Bertz CT molecular complexity index is 1110. The summed E-state index contributed by atoms with van der Waals surface area (Å²) in [6, 6.07) is 28.4. The topological polar surface area (TPSA) is 54.1 Å². The molecule has 0 amide bonds. The first-order valence-electron chi connectivity index (χ1n) is 10.4. The fourth-order valence-corrected chi connectivity index (χ4v) is 4.42. The van der Waals surface area contributed by atoms with Gasteiger partial charge in [-0.15, -0.1) is 0 Å². The van der Waals surface area contributed by atoms with Crippen molar-refractivity contribution in [3.63, 3.8) is 0 Å². The van der Waals surface area contributed by atoms with Crippen molar-refractivity contribution in [2.75, 3.05) is 31.1 Å². The number of hydrogen-bond acceptors (Lipinski definition) is 4. The first kappa shape index (κ1) is 20.9. The highest BCUT2D eigenvalue weighted by atomic mass is 35.5. The standard InChI is InChI=1S/C26H23ClN4/c27-24-16-22(18-29)10-11-25(24)31-15-14-30(19-26(31)23-4-2-1-3-5-23)13-12-20-6-8-21(17-28)9-7-20/h1-11,16,26H,12-15,19H2/t26-/m0/s1. The normalized spacial score (nSPS) is 16.5. The van der Waals surface area contributed by atoms with Gasteiger partial charge in [-0.2, -0.15) is 10.5 Å². The highest BCUT2D eigenvalue weighted by Crippen LogP contribution is 2.35. The molecule has 154 valence electrons. The van der Waals surface area contributed by atoms with Crippen LogP contribution in [-0.4, -0.2) is 31.1 Å². The van der Waals surface area contributed by atoms with Crippen LogP contribution in [0.4, 0.5) is 5.69 Å². The van der Waals surface area contributed by atoms with Crippen molar-refractivity contribution >= 4 is 17.3 Å². The molecule has 1 atom stereocenters. The molecule has 1 aliphatic rings. The van der Waals surface area contributed by atoms with Gasteiger partial charge in [0.05, 0.1) is 40.0 Å². The average molecular weight is 427 g/mol. The lowest BCUT2D eigenvalue weighted by molar-refractivity contribution is 0.226. The highest BCUT2D eigenvalue weighted by molar-refractivity contribution is 6.33. The van der Waals surface area contributed by atoms with Crippen molar-refractivity contribution in [2.24, 2.45) is 0 Å². The molecule has 31 heavy (non-hydrogen) atoms. The van der Waals surface area contributed by atoms with Crippen molar-refractivity contribution in [1.29, 1.82) is 10.5 Å². The summed E-state index contributed by atoms with van der Waals surface area (Å²) < 4.78 is 0. The third-order valence-corrected chi connectivity index (χ3v) is 6.14. The third-order valence-electron chi connectivity index (χ3n) is 5.83. The number of halogens is 1. The molecular weight excluding hydrogens is 404 g/mol. The zero-order valence-electron chi connectivity index (χ0n) is 17.2. The van der Waals surface area contributed by atoms with E-state index in [0.29, 0.717) is 16.1 Å². The van der Waals surface area contributed by atoms with Crippen molar-refractivity contribution in [3.05, 3.63) is 100 Å². The van der Waals surface area contributed by atoms with Gasteiger partial charge in [-0.25, -0.2) is 0 Å². The average Bonchev–Trinajstić information content (AvgIpc) is 2.83. The van der Waals surface area contributed by atoms with Crippen LogP contribution in [0, 0.1) is 22.7 Å². The zero-order valence-corrected chi connectivity index (χ0v) is 18.0. The van der Waals surface area contributed by atoms with Gasteiger partial charge >= 0.3 is 0 Å². The molecule has 4 rings (SSSR count). The first-order chi connectivity index (χ1) is 15.2. The molecule has 1 saturated heterocycles. The Morgan fingerprint density at radius 1 is 0.871 bits per heavy atom. The van der Waals surface area contributed by atoms with Crippen LogP contribution in [0.25, 0.3) is 0 Å². The maximum Gasteiger partial charge on any atom is 0.0992 e. The number of piperazine rings is 1. The maximum absolute atomic E-state index is 9.17. The quantitative estimate of drug-likeness (QED) is 0.563. The summed E-state index contributed by atoms with van der Waals surface area (Å²) in [4.78, 5) is 4.85. The van der Waals surface area contributed by atoms with Crippen LogP contribution in [0.3, 0.4) is 0 Å². The second-order valence-electron chi connectivity index (χ2n) is 7.76. The van der Waals surface area contributed by atoms with Gasteiger partial charge in [0.25, 0.3) is 0 Å². The Hall–Kier alpha value is -3.31. The smallest absolute Gasteiger partial charge is 0.0992 e. The summed E-state index contributed by atoms with van der Waals surface area (Å²) in [6.45, 7) is 3.66. The lowest BCUT2D eigenvalue weighted by Gasteiger charge is -2.43. The molecule has 4 nitrogen and oxygen atoms in total. The largest absolute Gasteiger partial charge is 0.361 e. The first-order valence-corrected chi connectivity index (χ1v) is 10.8. The van der Waals surface area contributed by atoms with Gasteiger partial charge in [0.2, 0.25) is 0 Å². The number of nitriles is 2. The molecule has 1 heterocycles. The summed E-state index contributed by atoms with van der Waals surface area (Å²) in [5.41, 5.74) is 4.74. The molecule has 3 aromatic rings. The van der Waals surface area contributed by atoms with Gasteiger partial charge < -0.3 is 4.90 Å². The third kappa shape index (κ3) is 4.89. The molecule has 1 aliphatic heterocycles. The zero-order chi connectivity index (χ0) is 21.6. The maximum atomic E-state index is 9.17. The van der Waals surface area contributed by atoms with E-state index in [0.717, 1.165) is 38.3 Å². The van der Waals surface area contributed by atoms with E-state index in [-0.39, 0.29) is 6.04 Å². The monoisotopic (exact) mass is 426 g/mol. The van der Waals surface area contributed by atoms with Crippen LogP contribution >= 0.6 is 11.6 Å². The van der Waals surface area contributed by atoms with Crippen LogP contribution in [0.5, 0.6) is 0 Å². The molecule has 0 aromatic heterocycles. The van der Waals surface area contributed by atoms with Crippen LogP contribution in [-0.2, 0) is 6.42 Å². The van der Waals surface area contributed by atoms with Gasteiger partial charge in [-0.1, -0.05) is 54.1 Å². The summed E-state index contributed by atoms with van der Waals surface area (Å²) in [5, 5.41) is 18.8. The molecule has 0 spiro atoms. The van der Waals surface area contributed by atoms with E-state index in [4.69, 9.17) is 22.1 Å². The van der Waals surface area contributed by atoms with E-state index in [2.05, 4.69) is 46.2 Å². The molecule has 5 heteroatoms. The lowest BCUT2D eigenvalue weighted by atomic mass is 10.0. The van der Waals surface area contributed by atoms with Crippen LogP contribution < -0.4 is 4.90 Å². The Labute approximate surface area is 188 Å². The molecule has 0 N–H and O–H groups in total. The van der Waals surface area contributed by atoms with Crippen molar-refractivity contribution < 1.29 is 0 Å². The van der Waals surface area contributed by atoms with E-state index >= 15 is 0 Å². The fourth-order valence-electron chi connectivity index (χ4n) is 4.13. The molecule has 0 bridgehead atoms. The number of hydrogen-bond donors (Lipinski definition) is 0. The minimum absolute atomic E-state index is 0.182. The fraction of sp³-hybridized carbons (Fsp3) is 0.231. The molecule has 1 fully saturated rings. The predicted molar refractivity (Wildman–Crippen MR) is 124 cm³/mol. The number of anilines is 1. The summed E-state index contributed by atoms with van der Waals surface area (Å²) >= 11 is 6.57. The van der Waals surface area contributed by atoms with Crippen LogP contribution in [0.2, 0.25) is 5.02 Å². The van der Waals surface area contributed by atoms with E-state index in [1.807, 2.05) is 42.5 Å². The van der Waals surface area contributed by atoms with Gasteiger partial charge in [0, 0.05) is 26.2 Å². The van der Waals surface area contributed by atoms with E-state index in [1.165, 1.54) is 11.1 Å². The lowest BCUT2D eigenvalue weighted by Crippen LogP contribution is -2.49. The number of benzene rings is 3. The Morgan fingerprint density at radius 3 is 2.26 bits per heavy atom. The van der Waals surface area contributed by atoms with Crippen molar-refractivity contribution in [1.82, 2.24) is 4.90 Å². The Balaban J connectivity index is 1.52. The number of rotatable bonds is 5. The minimum Gasteiger partial charge on any atom is -0.361 e. The predicted octanol–water partition coefficient (Wildman–Crippen LogP) is 5.19. The van der Waals surface area contributed by atoms with Crippen LogP contribution in [0.15, 0.2) is 72.8 Å². The second-order valence-corrected chi connectivity index (χ2v) is 8.16. The molecule has 0 aliphatic carbocycles. The summed E-state index contributed by atoms with van der Waals surface area (Å²) in [6.07, 6.45) is 0.949. The van der Waals surface area contributed by atoms with Gasteiger partial charge in [-0.3, -0.25) is 4.90 Å². The minimum atomic E-state index is 0.182. The highest BCUT2D eigenvalue weighted by Gasteiger charge is 2.29. The van der Waals surface area contributed by atoms with E-state index in [9.17, 15) is 0 Å². The Morgan fingerprint density at radius 2 is 1.58 bits per heavy atom. The van der Waals surface area contributed by atoms with E-state index in [1.54, 1.807) is 6.07 Å². The SMILES string of the molecule is N#Cc1ccc(CCN2CCN(c3ccc(C#N)cc3Cl)[C@H](c3ccccc3)C2)cc1. The van der Waals surface area contributed by atoms with Gasteiger partial charge in [0.15, 0.2) is 0 Å².